The smallest absolute Gasteiger partial charge is 0.332 e. The Balaban J connectivity index is 2.17. The molecule has 0 bridgehead atoms. The molecule has 1 unspecified atom stereocenters. The van der Waals surface area contributed by atoms with E-state index >= 15 is 0 Å². The number of carbonyl (C=O) groups excluding carboxylic acids is 2. The van der Waals surface area contributed by atoms with Gasteiger partial charge in [-0.15, -0.1) is 11.3 Å². The van der Waals surface area contributed by atoms with Crippen LogP contribution < -0.4 is 11.1 Å². The van der Waals surface area contributed by atoms with Gasteiger partial charge in [0.25, 0.3) is 5.91 Å². The highest BCUT2D eigenvalue weighted by atomic mass is 32.1. The average Bonchev–Trinajstić information content (AvgIpc) is 3.01. The lowest BCUT2D eigenvalue weighted by Crippen LogP contribution is -2.43. The van der Waals surface area contributed by atoms with Crippen molar-refractivity contribution in [1.82, 2.24) is 0 Å². The summed E-state index contributed by atoms with van der Waals surface area (Å²) in [5.74, 6) is -1.32. The van der Waals surface area contributed by atoms with Crippen LogP contribution in [0.25, 0.3) is 10.4 Å². The molecule has 0 spiro atoms. The third-order valence-electron chi connectivity index (χ3n) is 2.79. The van der Waals surface area contributed by atoms with Crippen LogP contribution in [0.5, 0.6) is 0 Å². The molecule has 5 nitrogen and oxygen atoms in total. The molecule has 0 saturated heterocycles. The lowest BCUT2D eigenvalue weighted by molar-refractivity contribution is -0.146. The van der Waals surface area contributed by atoms with E-state index in [4.69, 9.17) is 10.5 Å². The summed E-state index contributed by atoms with van der Waals surface area (Å²) in [5, 5.41) is 4.64. The lowest BCUT2D eigenvalue weighted by atomic mass is 10.1. The third kappa shape index (κ3) is 3.68. The lowest BCUT2D eigenvalue weighted by Gasteiger charge is -2.13. The van der Waals surface area contributed by atoms with Gasteiger partial charge in [0.1, 0.15) is 0 Å². The number of nitrogens with one attached hydrogen (secondary N) is 1. The fraction of sp³-hybridized carbons (Fsp3) is 0.200. The highest BCUT2D eigenvalue weighted by Crippen LogP contribution is 2.31. The zero-order chi connectivity index (χ0) is 15.2. The Morgan fingerprint density at radius 1 is 1.29 bits per heavy atom. The number of hydrogen-bond acceptors (Lipinski definition) is 5. The standard InChI is InChI=1S/C15H16N2O3S/c1-2-20-15(19)13(16)14(18)17-11-7-4-3-6-10(11)12-8-5-9-21-12/h3-9,13H,2,16H2,1H3,(H,17,18). The van der Waals surface area contributed by atoms with E-state index in [0.717, 1.165) is 10.4 Å². The third-order valence-corrected chi connectivity index (χ3v) is 3.70. The van der Waals surface area contributed by atoms with E-state index in [9.17, 15) is 9.59 Å². The maximum atomic E-state index is 12.0. The van der Waals surface area contributed by atoms with Crippen molar-refractivity contribution in [2.24, 2.45) is 5.73 Å². The van der Waals surface area contributed by atoms with E-state index in [1.54, 1.807) is 24.3 Å². The number of esters is 1. The molecule has 0 aliphatic rings. The number of hydrogen-bond donors (Lipinski definition) is 2. The number of para-hydroxylation sites is 1. The number of rotatable bonds is 5. The molecule has 21 heavy (non-hydrogen) atoms. The minimum atomic E-state index is -1.33. The first kappa shape index (κ1) is 15.2. The van der Waals surface area contributed by atoms with Crippen LogP contribution in [0.4, 0.5) is 5.69 Å². The van der Waals surface area contributed by atoms with Crippen molar-refractivity contribution in [3.63, 3.8) is 0 Å². The molecule has 0 fully saturated rings. The quantitative estimate of drug-likeness (QED) is 0.655. The average molecular weight is 304 g/mol. The molecule has 1 amide bonds. The highest BCUT2D eigenvalue weighted by Gasteiger charge is 2.24. The SMILES string of the molecule is CCOC(=O)C(N)C(=O)Nc1ccccc1-c1cccs1. The molecule has 1 atom stereocenters. The minimum Gasteiger partial charge on any atom is -0.464 e. The summed E-state index contributed by atoms with van der Waals surface area (Å²) in [6.07, 6.45) is 0. The van der Waals surface area contributed by atoms with E-state index < -0.39 is 17.9 Å². The molecule has 0 aliphatic carbocycles. The van der Waals surface area contributed by atoms with Gasteiger partial charge in [-0.25, -0.2) is 4.79 Å². The van der Waals surface area contributed by atoms with E-state index in [2.05, 4.69) is 5.32 Å². The van der Waals surface area contributed by atoms with Crippen molar-refractivity contribution in [2.45, 2.75) is 13.0 Å². The van der Waals surface area contributed by atoms with Crippen LogP contribution in [-0.4, -0.2) is 24.5 Å². The van der Waals surface area contributed by atoms with Crippen molar-refractivity contribution in [1.29, 1.82) is 0 Å². The van der Waals surface area contributed by atoms with Crippen molar-refractivity contribution >= 4 is 28.9 Å². The number of amides is 1. The Bertz CT molecular complexity index is 626. The molecular formula is C15H16N2O3S. The molecule has 110 valence electrons. The maximum Gasteiger partial charge on any atom is 0.332 e. The number of ether oxygens (including phenoxy) is 1. The molecule has 0 saturated carbocycles. The molecule has 2 rings (SSSR count). The van der Waals surface area contributed by atoms with Crippen molar-refractivity contribution in [3.8, 4) is 10.4 Å². The second kappa shape index (κ2) is 7.01. The zero-order valence-electron chi connectivity index (χ0n) is 11.5. The predicted molar refractivity (Wildman–Crippen MR) is 83.0 cm³/mol. The normalized spacial score (nSPS) is 11.7. The largest absolute Gasteiger partial charge is 0.464 e. The van der Waals surface area contributed by atoms with Crippen LogP contribution in [0.1, 0.15) is 6.92 Å². The molecule has 6 heteroatoms. The van der Waals surface area contributed by atoms with Gasteiger partial charge >= 0.3 is 5.97 Å². The van der Waals surface area contributed by atoms with Crippen LogP contribution in [0.2, 0.25) is 0 Å². The number of thiophene rings is 1. The highest BCUT2D eigenvalue weighted by molar-refractivity contribution is 7.13. The first-order chi connectivity index (χ1) is 10.1. The van der Waals surface area contributed by atoms with E-state index in [-0.39, 0.29) is 6.61 Å². The van der Waals surface area contributed by atoms with Crippen LogP contribution in [0.3, 0.4) is 0 Å². The summed E-state index contributed by atoms with van der Waals surface area (Å²) in [5.41, 5.74) is 7.08. The molecule has 1 aromatic carbocycles. The number of carbonyl (C=O) groups is 2. The molecule has 0 aliphatic heterocycles. The molecule has 3 N–H and O–H groups in total. The minimum absolute atomic E-state index is 0.186. The van der Waals surface area contributed by atoms with Crippen molar-refractivity contribution < 1.29 is 14.3 Å². The van der Waals surface area contributed by atoms with E-state index in [1.165, 1.54) is 0 Å². The summed E-state index contributed by atoms with van der Waals surface area (Å²) < 4.78 is 4.74. The fourth-order valence-corrected chi connectivity index (χ4v) is 2.55. The Morgan fingerprint density at radius 3 is 2.71 bits per heavy atom. The van der Waals surface area contributed by atoms with Gasteiger partial charge in [0.15, 0.2) is 6.04 Å². The van der Waals surface area contributed by atoms with Gasteiger partial charge in [-0.1, -0.05) is 24.3 Å². The molecule has 1 heterocycles. The summed E-state index contributed by atoms with van der Waals surface area (Å²) in [7, 11) is 0. The van der Waals surface area contributed by atoms with E-state index in [1.807, 2.05) is 35.7 Å². The zero-order valence-corrected chi connectivity index (χ0v) is 12.4. The van der Waals surface area contributed by atoms with E-state index in [0.29, 0.717) is 5.69 Å². The first-order valence-electron chi connectivity index (χ1n) is 6.49. The van der Waals surface area contributed by atoms with Gasteiger partial charge in [-0.05, 0) is 24.4 Å². The molecule has 1 aromatic heterocycles. The van der Waals surface area contributed by atoms with Crippen molar-refractivity contribution in [2.75, 3.05) is 11.9 Å². The van der Waals surface area contributed by atoms with Crippen LogP contribution in [0.15, 0.2) is 41.8 Å². The number of nitrogens with two attached hydrogens (primary N) is 1. The van der Waals surface area contributed by atoms with Crippen LogP contribution in [0, 0.1) is 0 Å². The van der Waals surface area contributed by atoms with Gasteiger partial charge < -0.3 is 15.8 Å². The Morgan fingerprint density at radius 2 is 2.05 bits per heavy atom. The molecule has 2 aromatic rings. The predicted octanol–water partition coefficient (Wildman–Crippen LogP) is 2.24. The number of anilines is 1. The summed E-state index contributed by atoms with van der Waals surface area (Å²) in [6.45, 7) is 1.85. The van der Waals surface area contributed by atoms with Gasteiger partial charge in [0, 0.05) is 16.1 Å². The summed E-state index contributed by atoms with van der Waals surface area (Å²) in [4.78, 5) is 24.5. The van der Waals surface area contributed by atoms with Gasteiger partial charge in [-0.2, -0.15) is 0 Å². The Labute approximate surface area is 126 Å². The van der Waals surface area contributed by atoms with Gasteiger partial charge in [-0.3, -0.25) is 4.79 Å². The summed E-state index contributed by atoms with van der Waals surface area (Å²) >= 11 is 1.57. The second-order valence-electron chi connectivity index (χ2n) is 4.24. The maximum absolute atomic E-state index is 12.0. The monoisotopic (exact) mass is 304 g/mol. The van der Waals surface area contributed by atoms with Crippen LogP contribution in [-0.2, 0) is 14.3 Å². The molecule has 0 radical (unpaired) electrons. The van der Waals surface area contributed by atoms with Gasteiger partial charge in [0.05, 0.1) is 6.61 Å². The fourth-order valence-electron chi connectivity index (χ4n) is 1.79. The summed E-state index contributed by atoms with van der Waals surface area (Å²) in [6, 6.07) is 9.92. The topological polar surface area (TPSA) is 81.4 Å². The first-order valence-corrected chi connectivity index (χ1v) is 7.37. The van der Waals surface area contributed by atoms with Gasteiger partial charge in [0.2, 0.25) is 0 Å². The van der Waals surface area contributed by atoms with Crippen LogP contribution >= 0.6 is 11.3 Å². The second-order valence-corrected chi connectivity index (χ2v) is 5.19. The number of benzene rings is 1. The molecular weight excluding hydrogens is 288 g/mol. The van der Waals surface area contributed by atoms with Crippen molar-refractivity contribution in [3.05, 3.63) is 41.8 Å². The Hall–Kier alpha value is -2.18. The Kier molecular flexibility index (Phi) is 5.08.